The molecule has 0 saturated carbocycles. The highest BCUT2D eigenvalue weighted by Gasteiger charge is 2.20. The maximum atomic E-state index is 12.0. The van der Waals surface area contributed by atoms with Crippen LogP contribution in [-0.2, 0) is 11.2 Å². The van der Waals surface area contributed by atoms with E-state index in [9.17, 15) is 4.79 Å². The summed E-state index contributed by atoms with van der Waals surface area (Å²) in [5.41, 5.74) is 9.50. The molecule has 0 aromatic heterocycles. The van der Waals surface area contributed by atoms with Crippen molar-refractivity contribution >= 4 is 41.6 Å². The smallest absolute Gasteiger partial charge is 0.228 e. The third kappa shape index (κ3) is 4.28. The van der Waals surface area contributed by atoms with Crippen LogP contribution in [0.25, 0.3) is 24.3 Å². The molecule has 1 aliphatic heterocycles. The minimum Gasteiger partial charge on any atom is -0.280 e. The molecule has 4 aromatic rings. The van der Waals surface area contributed by atoms with Crippen molar-refractivity contribution in [3.8, 4) is 0 Å². The first kappa shape index (κ1) is 20.7. The summed E-state index contributed by atoms with van der Waals surface area (Å²) in [6.07, 6.45) is 9.57. The van der Waals surface area contributed by atoms with Crippen molar-refractivity contribution < 1.29 is 4.79 Å². The zero-order valence-electron chi connectivity index (χ0n) is 18.6. The summed E-state index contributed by atoms with van der Waals surface area (Å²) in [5.74, 6) is 0.0265. The second-order valence-corrected chi connectivity index (χ2v) is 8.21. The van der Waals surface area contributed by atoms with Gasteiger partial charge in [0.1, 0.15) is 0 Å². The van der Waals surface area contributed by atoms with Gasteiger partial charge in [0.25, 0.3) is 0 Å². The largest absolute Gasteiger partial charge is 0.280 e. The average Bonchev–Trinajstić information content (AvgIpc) is 3.14. The van der Waals surface area contributed by atoms with E-state index in [4.69, 9.17) is 0 Å². The molecule has 0 bridgehead atoms. The standard InChI is InChI=1S/C16H13NO.C15H12/c1-12(18)17-15-8-4-2-6-13(15)10-11-14-7-3-5-9-16(14)17;1-3-7-14-11-15-8-4-2-6-13(15)10-9-12(14)5-1/h2-11H,1H3;1-10H,11H2. The lowest BCUT2D eigenvalue weighted by atomic mass is 10.0. The van der Waals surface area contributed by atoms with Gasteiger partial charge in [0.15, 0.2) is 0 Å². The molecule has 0 radical (unpaired) electrons. The molecule has 0 spiro atoms. The molecule has 1 aliphatic carbocycles. The van der Waals surface area contributed by atoms with Gasteiger partial charge in [-0.05, 0) is 51.9 Å². The number of nitrogens with zero attached hydrogens (tertiary/aromatic N) is 1. The Labute approximate surface area is 195 Å². The zero-order chi connectivity index (χ0) is 22.6. The van der Waals surface area contributed by atoms with Crippen molar-refractivity contribution in [3.05, 3.63) is 130 Å². The lowest BCUT2D eigenvalue weighted by Crippen LogP contribution is -2.23. The topological polar surface area (TPSA) is 20.3 Å². The summed E-state index contributed by atoms with van der Waals surface area (Å²) in [6, 6.07) is 33.1. The van der Waals surface area contributed by atoms with E-state index in [0.29, 0.717) is 0 Å². The first-order valence-corrected chi connectivity index (χ1v) is 11.2. The number of fused-ring (bicyclic) bond motifs is 4. The number of para-hydroxylation sites is 2. The van der Waals surface area contributed by atoms with Crippen LogP contribution in [0.5, 0.6) is 0 Å². The molecule has 0 unspecified atom stereocenters. The predicted molar refractivity (Wildman–Crippen MR) is 139 cm³/mol. The van der Waals surface area contributed by atoms with Crippen molar-refractivity contribution in [2.45, 2.75) is 13.3 Å². The fourth-order valence-corrected chi connectivity index (χ4v) is 4.41. The summed E-state index contributed by atoms with van der Waals surface area (Å²) >= 11 is 0. The van der Waals surface area contributed by atoms with Gasteiger partial charge in [-0.15, -0.1) is 0 Å². The fourth-order valence-electron chi connectivity index (χ4n) is 4.41. The number of rotatable bonds is 0. The molecule has 2 heteroatoms. The Morgan fingerprint density at radius 3 is 1.36 bits per heavy atom. The van der Waals surface area contributed by atoms with E-state index >= 15 is 0 Å². The molecule has 33 heavy (non-hydrogen) atoms. The Morgan fingerprint density at radius 1 is 0.545 bits per heavy atom. The monoisotopic (exact) mass is 427 g/mol. The second-order valence-electron chi connectivity index (χ2n) is 8.21. The highest BCUT2D eigenvalue weighted by atomic mass is 16.2. The molecule has 4 aromatic carbocycles. The van der Waals surface area contributed by atoms with E-state index in [-0.39, 0.29) is 5.91 Å². The van der Waals surface area contributed by atoms with Crippen LogP contribution < -0.4 is 4.90 Å². The van der Waals surface area contributed by atoms with Crippen molar-refractivity contribution in [2.75, 3.05) is 4.90 Å². The van der Waals surface area contributed by atoms with Crippen molar-refractivity contribution in [1.29, 1.82) is 0 Å². The minimum absolute atomic E-state index is 0.0265. The SMILES string of the molecule is C1=Cc2ccccc2Cc2ccccc21.CC(=O)N1c2ccccc2C=Cc2ccccc21. The number of carbonyl (C=O) groups excluding carboxylic acids is 1. The van der Waals surface area contributed by atoms with Gasteiger partial charge in [0, 0.05) is 6.92 Å². The summed E-state index contributed by atoms with van der Waals surface area (Å²) in [4.78, 5) is 13.7. The maximum absolute atomic E-state index is 12.0. The Balaban J connectivity index is 0.000000140. The fraction of sp³-hybridized carbons (Fsp3) is 0.0645. The Kier molecular flexibility index (Phi) is 5.73. The number of hydrogen-bond donors (Lipinski definition) is 0. The van der Waals surface area contributed by atoms with Gasteiger partial charge < -0.3 is 0 Å². The summed E-state index contributed by atoms with van der Waals surface area (Å²) in [6.45, 7) is 1.60. The quantitative estimate of drug-likeness (QED) is 0.249. The van der Waals surface area contributed by atoms with Crippen LogP contribution in [0.3, 0.4) is 0 Å². The molecular weight excluding hydrogens is 402 g/mol. The summed E-state index contributed by atoms with van der Waals surface area (Å²) in [7, 11) is 0. The molecule has 2 nitrogen and oxygen atoms in total. The molecular formula is C31H25NO. The second kappa shape index (κ2) is 9.13. The van der Waals surface area contributed by atoms with Gasteiger partial charge in [-0.2, -0.15) is 0 Å². The molecule has 0 fully saturated rings. The molecule has 1 amide bonds. The number of amides is 1. The van der Waals surface area contributed by atoms with Crippen LogP contribution in [0.2, 0.25) is 0 Å². The maximum Gasteiger partial charge on any atom is 0.228 e. The molecule has 0 saturated heterocycles. The lowest BCUT2D eigenvalue weighted by molar-refractivity contribution is -0.115. The average molecular weight is 428 g/mol. The third-order valence-corrected chi connectivity index (χ3v) is 6.05. The number of benzene rings is 4. The van der Waals surface area contributed by atoms with Gasteiger partial charge in [-0.1, -0.05) is 109 Å². The highest BCUT2D eigenvalue weighted by molar-refractivity contribution is 6.05. The van der Waals surface area contributed by atoms with E-state index in [1.54, 1.807) is 11.8 Å². The van der Waals surface area contributed by atoms with Crippen LogP contribution >= 0.6 is 0 Å². The Bertz CT molecular complexity index is 1280. The molecule has 0 N–H and O–H groups in total. The van der Waals surface area contributed by atoms with Gasteiger partial charge in [0.05, 0.1) is 11.4 Å². The van der Waals surface area contributed by atoms with Gasteiger partial charge in [-0.25, -0.2) is 0 Å². The number of hydrogen-bond acceptors (Lipinski definition) is 1. The normalized spacial score (nSPS) is 12.7. The van der Waals surface area contributed by atoms with Crippen molar-refractivity contribution in [1.82, 2.24) is 0 Å². The molecule has 160 valence electrons. The van der Waals surface area contributed by atoms with Crippen LogP contribution in [0, 0.1) is 0 Å². The van der Waals surface area contributed by atoms with Crippen molar-refractivity contribution in [3.63, 3.8) is 0 Å². The van der Waals surface area contributed by atoms with E-state index in [2.05, 4.69) is 72.8 Å². The van der Waals surface area contributed by atoms with Crippen LogP contribution in [-0.4, -0.2) is 5.91 Å². The van der Waals surface area contributed by atoms with E-state index in [1.807, 2.05) is 48.5 Å². The van der Waals surface area contributed by atoms with Crippen molar-refractivity contribution in [2.24, 2.45) is 0 Å². The van der Waals surface area contributed by atoms with Crippen LogP contribution in [0.4, 0.5) is 11.4 Å². The van der Waals surface area contributed by atoms with Gasteiger partial charge in [-0.3, -0.25) is 9.69 Å². The van der Waals surface area contributed by atoms with E-state index in [1.165, 1.54) is 22.3 Å². The number of anilines is 2. The molecule has 1 heterocycles. The van der Waals surface area contributed by atoms with E-state index in [0.717, 1.165) is 28.9 Å². The van der Waals surface area contributed by atoms with Crippen LogP contribution in [0.1, 0.15) is 40.3 Å². The summed E-state index contributed by atoms with van der Waals surface area (Å²) < 4.78 is 0. The predicted octanol–water partition coefficient (Wildman–Crippen LogP) is 7.62. The molecule has 2 aliphatic rings. The third-order valence-electron chi connectivity index (χ3n) is 6.05. The highest BCUT2D eigenvalue weighted by Crippen LogP contribution is 2.36. The van der Waals surface area contributed by atoms with E-state index < -0.39 is 0 Å². The van der Waals surface area contributed by atoms with Gasteiger partial charge >= 0.3 is 0 Å². The summed E-state index contributed by atoms with van der Waals surface area (Å²) in [5, 5.41) is 0. The molecule has 0 atom stereocenters. The van der Waals surface area contributed by atoms with Gasteiger partial charge in [0.2, 0.25) is 5.91 Å². The first-order valence-electron chi connectivity index (χ1n) is 11.2. The first-order chi connectivity index (χ1) is 16.2. The number of carbonyl (C=O) groups is 1. The molecule has 6 rings (SSSR count). The lowest BCUT2D eigenvalue weighted by Gasteiger charge is -2.23. The Hall–Kier alpha value is -4.17. The van der Waals surface area contributed by atoms with Crippen LogP contribution in [0.15, 0.2) is 97.1 Å². The zero-order valence-corrected chi connectivity index (χ0v) is 18.6. The Morgan fingerprint density at radius 2 is 0.909 bits per heavy atom. The minimum atomic E-state index is 0.0265.